The number of rotatable bonds is 7. The molecule has 37 heavy (non-hydrogen) atoms. The van der Waals surface area contributed by atoms with Gasteiger partial charge in [0.05, 0.1) is 23.4 Å². The number of nitrogens with zero attached hydrogens (tertiary/aromatic N) is 3. The molecule has 5 rings (SSSR count). The topological polar surface area (TPSA) is 91.8 Å². The van der Waals surface area contributed by atoms with Crippen LogP contribution in [0.25, 0.3) is 10.9 Å². The van der Waals surface area contributed by atoms with E-state index in [-0.39, 0.29) is 11.8 Å². The van der Waals surface area contributed by atoms with Crippen molar-refractivity contribution >= 4 is 32.7 Å². The molecular formula is C28H34N4O4S. The zero-order valence-corrected chi connectivity index (χ0v) is 22.0. The molecule has 3 aromatic rings. The summed E-state index contributed by atoms with van der Waals surface area (Å²) in [6.45, 7) is 3.06. The van der Waals surface area contributed by atoms with Gasteiger partial charge in [-0.3, -0.25) is 4.79 Å². The number of ether oxygens (including phenoxy) is 1. The number of aromatic nitrogens is 1. The summed E-state index contributed by atoms with van der Waals surface area (Å²) in [6, 6.07) is 16.7. The van der Waals surface area contributed by atoms with Crippen molar-refractivity contribution in [2.45, 2.75) is 43.5 Å². The lowest BCUT2D eigenvalue weighted by Crippen LogP contribution is -2.43. The number of amides is 1. The smallest absolute Gasteiger partial charge is 0.243 e. The van der Waals surface area contributed by atoms with Gasteiger partial charge in [0.1, 0.15) is 11.6 Å². The first-order valence-electron chi connectivity index (χ1n) is 13.0. The standard InChI is InChI=1S/C28H34N4O4S/c1-36-24-9-5-7-21(17-24)19-29-28(33)23-8-6-14-31(20-23)27-13-10-22-18-25(11-12-26(22)30-27)37(34,35)32-15-3-2-4-16-32/h5,7,9-13,17-18,23H,2-4,6,8,14-16,19-20H2,1H3,(H,29,33)/t23-/m1/s1. The van der Waals surface area contributed by atoms with E-state index >= 15 is 0 Å². The Morgan fingerprint density at radius 3 is 2.68 bits per heavy atom. The first kappa shape index (κ1) is 25.5. The summed E-state index contributed by atoms with van der Waals surface area (Å²) in [5, 5.41) is 3.86. The third kappa shape index (κ3) is 5.72. The largest absolute Gasteiger partial charge is 0.497 e. The Balaban J connectivity index is 1.26. The highest BCUT2D eigenvalue weighted by molar-refractivity contribution is 7.89. The first-order valence-corrected chi connectivity index (χ1v) is 14.4. The van der Waals surface area contributed by atoms with Crippen LogP contribution in [0, 0.1) is 5.92 Å². The molecule has 2 saturated heterocycles. The Morgan fingerprint density at radius 2 is 1.86 bits per heavy atom. The summed E-state index contributed by atoms with van der Waals surface area (Å²) in [7, 11) is -1.86. The Labute approximate surface area is 218 Å². The lowest BCUT2D eigenvalue weighted by molar-refractivity contribution is -0.125. The van der Waals surface area contributed by atoms with Crippen LogP contribution in [0.3, 0.4) is 0 Å². The highest BCUT2D eigenvalue weighted by atomic mass is 32.2. The predicted octanol–water partition coefficient (Wildman–Crippen LogP) is 3.95. The number of anilines is 1. The molecule has 2 aliphatic heterocycles. The highest BCUT2D eigenvalue weighted by Crippen LogP contribution is 2.27. The number of pyridine rings is 1. The molecule has 8 nitrogen and oxygen atoms in total. The molecule has 0 saturated carbocycles. The molecule has 196 valence electrons. The lowest BCUT2D eigenvalue weighted by Gasteiger charge is -2.33. The third-order valence-electron chi connectivity index (χ3n) is 7.32. The monoisotopic (exact) mass is 522 g/mol. The fourth-order valence-corrected chi connectivity index (χ4v) is 6.75. The summed E-state index contributed by atoms with van der Waals surface area (Å²) in [5.74, 6) is 1.51. The SMILES string of the molecule is COc1cccc(CNC(=O)[C@@H]2CCCN(c3ccc4cc(S(=O)(=O)N5CCCCC5)ccc4n3)C2)c1. The van der Waals surface area contributed by atoms with Crippen LogP contribution in [0.4, 0.5) is 5.82 Å². The van der Waals surface area contributed by atoms with Crippen LogP contribution < -0.4 is 15.0 Å². The Bertz CT molecular complexity index is 1370. The summed E-state index contributed by atoms with van der Waals surface area (Å²) in [5.41, 5.74) is 1.75. The van der Waals surface area contributed by atoms with E-state index < -0.39 is 10.0 Å². The van der Waals surface area contributed by atoms with E-state index in [9.17, 15) is 13.2 Å². The van der Waals surface area contributed by atoms with Crippen molar-refractivity contribution in [3.63, 3.8) is 0 Å². The summed E-state index contributed by atoms with van der Waals surface area (Å²) < 4.78 is 33.0. The molecule has 2 aliphatic rings. The van der Waals surface area contributed by atoms with Crippen LogP contribution in [-0.2, 0) is 21.4 Å². The molecule has 0 bridgehead atoms. The van der Waals surface area contributed by atoms with Crippen LogP contribution in [0.15, 0.2) is 59.5 Å². The van der Waals surface area contributed by atoms with Gasteiger partial charge < -0.3 is 15.0 Å². The summed E-state index contributed by atoms with van der Waals surface area (Å²) in [4.78, 5) is 20.2. The molecule has 0 unspecified atom stereocenters. The fraction of sp³-hybridized carbons (Fsp3) is 0.429. The van der Waals surface area contributed by atoms with Crippen molar-refractivity contribution in [3.8, 4) is 5.75 Å². The minimum atomic E-state index is -3.49. The van der Waals surface area contributed by atoms with E-state index in [4.69, 9.17) is 9.72 Å². The molecule has 1 aromatic heterocycles. The lowest BCUT2D eigenvalue weighted by atomic mass is 9.97. The number of carbonyl (C=O) groups excluding carboxylic acids is 1. The van der Waals surface area contributed by atoms with Crippen molar-refractivity contribution in [2.24, 2.45) is 5.92 Å². The van der Waals surface area contributed by atoms with Crippen molar-refractivity contribution in [2.75, 3.05) is 38.2 Å². The molecule has 1 N–H and O–H groups in total. The molecule has 2 fully saturated rings. The number of hydrogen-bond donors (Lipinski definition) is 1. The van der Waals surface area contributed by atoms with Crippen molar-refractivity contribution in [3.05, 3.63) is 60.2 Å². The molecule has 1 atom stereocenters. The van der Waals surface area contributed by atoms with E-state index in [1.165, 1.54) is 0 Å². The maximum absolute atomic E-state index is 13.1. The van der Waals surface area contributed by atoms with E-state index in [0.717, 1.165) is 66.7 Å². The second kappa shape index (κ2) is 11.1. The second-order valence-electron chi connectivity index (χ2n) is 9.84. The summed E-state index contributed by atoms with van der Waals surface area (Å²) >= 11 is 0. The number of fused-ring (bicyclic) bond motifs is 1. The quantitative estimate of drug-likeness (QED) is 0.505. The number of hydrogen-bond acceptors (Lipinski definition) is 6. The van der Waals surface area contributed by atoms with Crippen LogP contribution in [0.1, 0.15) is 37.7 Å². The average Bonchev–Trinajstić information content (AvgIpc) is 2.96. The molecule has 9 heteroatoms. The molecule has 0 aliphatic carbocycles. The van der Waals surface area contributed by atoms with Crippen LogP contribution in [-0.4, -0.2) is 56.9 Å². The van der Waals surface area contributed by atoms with E-state index in [2.05, 4.69) is 10.2 Å². The Hall–Kier alpha value is -3.17. The number of piperidine rings is 2. The first-order chi connectivity index (χ1) is 17.9. The number of methoxy groups -OCH3 is 1. The second-order valence-corrected chi connectivity index (χ2v) is 11.8. The fourth-order valence-electron chi connectivity index (χ4n) is 5.20. The highest BCUT2D eigenvalue weighted by Gasteiger charge is 2.28. The Morgan fingerprint density at radius 1 is 1.03 bits per heavy atom. The van der Waals surface area contributed by atoms with E-state index in [0.29, 0.717) is 31.1 Å². The van der Waals surface area contributed by atoms with Crippen LogP contribution in [0.2, 0.25) is 0 Å². The summed E-state index contributed by atoms with van der Waals surface area (Å²) in [6.07, 6.45) is 4.65. The molecular weight excluding hydrogens is 488 g/mol. The average molecular weight is 523 g/mol. The van der Waals surface area contributed by atoms with Crippen molar-refractivity contribution in [1.29, 1.82) is 0 Å². The van der Waals surface area contributed by atoms with Crippen molar-refractivity contribution in [1.82, 2.24) is 14.6 Å². The van der Waals surface area contributed by atoms with Gasteiger partial charge in [-0.15, -0.1) is 0 Å². The van der Waals surface area contributed by atoms with Gasteiger partial charge in [0.2, 0.25) is 15.9 Å². The predicted molar refractivity (Wildman–Crippen MR) is 144 cm³/mol. The molecule has 0 spiro atoms. The zero-order valence-electron chi connectivity index (χ0n) is 21.2. The maximum atomic E-state index is 13.1. The van der Waals surface area contributed by atoms with Crippen molar-refractivity contribution < 1.29 is 17.9 Å². The van der Waals surface area contributed by atoms with Crippen LogP contribution >= 0.6 is 0 Å². The third-order valence-corrected chi connectivity index (χ3v) is 9.21. The van der Waals surface area contributed by atoms with Gasteiger partial charge in [-0.1, -0.05) is 18.6 Å². The number of carbonyl (C=O) groups is 1. The van der Waals surface area contributed by atoms with Gasteiger partial charge in [0.25, 0.3) is 0 Å². The van der Waals surface area contributed by atoms with Gasteiger partial charge in [-0.05, 0) is 73.7 Å². The van der Waals surface area contributed by atoms with Gasteiger partial charge in [0.15, 0.2) is 0 Å². The number of sulfonamides is 1. The minimum absolute atomic E-state index is 0.0425. The van der Waals surface area contributed by atoms with Gasteiger partial charge in [-0.2, -0.15) is 4.31 Å². The number of nitrogens with one attached hydrogen (secondary N) is 1. The normalized spacial score (nSPS) is 19.1. The zero-order chi connectivity index (χ0) is 25.8. The van der Waals surface area contributed by atoms with Gasteiger partial charge in [0, 0.05) is 38.1 Å². The molecule has 3 heterocycles. The van der Waals surface area contributed by atoms with Gasteiger partial charge >= 0.3 is 0 Å². The molecule has 2 aromatic carbocycles. The van der Waals surface area contributed by atoms with Gasteiger partial charge in [-0.25, -0.2) is 13.4 Å². The maximum Gasteiger partial charge on any atom is 0.243 e. The van der Waals surface area contributed by atoms with E-state index in [1.54, 1.807) is 29.6 Å². The molecule has 1 amide bonds. The van der Waals surface area contributed by atoms with E-state index in [1.807, 2.05) is 36.4 Å². The minimum Gasteiger partial charge on any atom is -0.497 e. The Kier molecular flexibility index (Phi) is 7.62. The number of benzene rings is 2. The van der Waals surface area contributed by atoms with Crippen LogP contribution in [0.5, 0.6) is 5.75 Å². The molecule has 0 radical (unpaired) electrons.